The minimum Gasteiger partial charge on any atom is -0.394 e. The molecule has 0 bridgehead atoms. The Bertz CT molecular complexity index is 436. The van der Waals surface area contributed by atoms with Crippen LogP contribution in [0.2, 0.25) is 0 Å². The van der Waals surface area contributed by atoms with Crippen molar-refractivity contribution in [1.29, 1.82) is 0 Å². The molecule has 0 aromatic heterocycles. The Morgan fingerprint density at radius 2 is 1.95 bits per heavy atom. The Morgan fingerprint density at radius 3 is 2.47 bits per heavy atom. The summed E-state index contributed by atoms with van der Waals surface area (Å²) < 4.78 is 5.30. The molecule has 0 radical (unpaired) electrons. The average molecular weight is 263 g/mol. The highest BCUT2D eigenvalue weighted by Gasteiger charge is 2.29. The molecule has 1 amide bonds. The fourth-order valence-corrected chi connectivity index (χ4v) is 2.51. The monoisotopic (exact) mass is 263 g/mol. The van der Waals surface area contributed by atoms with Gasteiger partial charge >= 0.3 is 0 Å². The lowest BCUT2D eigenvalue weighted by atomic mass is 10.0. The molecule has 1 aromatic carbocycles. The molecule has 1 aliphatic rings. The van der Waals surface area contributed by atoms with E-state index < -0.39 is 0 Å². The van der Waals surface area contributed by atoms with E-state index in [0.717, 1.165) is 18.5 Å². The second kappa shape index (κ2) is 6.17. The van der Waals surface area contributed by atoms with Gasteiger partial charge in [0, 0.05) is 0 Å². The second-order valence-corrected chi connectivity index (χ2v) is 4.75. The number of morpholine rings is 1. The van der Waals surface area contributed by atoms with E-state index in [4.69, 9.17) is 4.74 Å². The number of carbonyl (C=O) groups excluding carboxylic acids is 1. The molecule has 1 saturated heterocycles. The maximum absolute atomic E-state index is 12.1. The highest BCUT2D eigenvalue weighted by molar-refractivity contribution is 5.96. The molecule has 0 saturated carbocycles. The fraction of sp³-hybridized carbons (Fsp3) is 0.533. The highest BCUT2D eigenvalue weighted by Crippen LogP contribution is 2.28. The first-order valence-corrected chi connectivity index (χ1v) is 6.84. The van der Waals surface area contributed by atoms with Crippen LogP contribution < -0.4 is 4.90 Å². The molecule has 104 valence electrons. The van der Waals surface area contributed by atoms with Crippen LogP contribution in [0.3, 0.4) is 0 Å². The number of anilines is 1. The van der Waals surface area contributed by atoms with Gasteiger partial charge in [-0.15, -0.1) is 0 Å². The lowest BCUT2D eigenvalue weighted by molar-refractivity contribution is -0.130. The standard InChI is InChI=1S/C15H21NO3/c1-3-11-6-5-7-12(4-2)15(11)16-8-13(9-17)19-10-14(16)18/h5-7,13,17H,3-4,8-10H2,1-2H3. The molecule has 4 heteroatoms. The first-order valence-electron chi connectivity index (χ1n) is 6.84. The van der Waals surface area contributed by atoms with Gasteiger partial charge in [-0.1, -0.05) is 32.0 Å². The summed E-state index contributed by atoms with van der Waals surface area (Å²) in [5, 5.41) is 9.23. The largest absolute Gasteiger partial charge is 0.394 e. The van der Waals surface area contributed by atoms with Crippen molar-refractivity contribution in [1.82, 2.24) is 0 Å². The molecule has 19 heavy (non-hydrogen) atoms. The van der Waals surface area contributed by atoms with Crippen LogP contribution in [0.1, 0.15) is 25.0 Å². The molecule has 1 fully saturated rings. The molecule has 1 unspecified atom stereocenters. The molecule has 0 aliphatic carbocycles. The van der Waals surface area contributed by atoms with Gasteiger partial charge in [-0.25, -0.2) is 0 Å². The zero-order chi connectivity index (χ0) is 13.8. The quantitative estimate of drug-likeness (QED) is 0.896. The van der Waals surface area contributed by atoms with Gasteiger partial charge in [-0.2, -0.15) is 0 Å². The topological polar surface area (TPSA) is 49.8 Å². The van der Waals surface area contributed by atoms with Gasteiger partial charge < -0.3 is 14.7 Å². The summed E-state index contributed by atoms with van der Waals surface area (Å²) in [5.74, 6) is -0.0275. The predicted molar refractivity (Wildman–Crippen MR) is 74.4 cm³/mol. The Balaban J connectivity index is 2.40. The molecular formula is C15H21NO3. The smallest absolute Gasteiger partial charge is 0.253 e. The lowest BCUT2D eigenvalue weighted by Crippen LogP contribution is -2.48. The van der Waals surface area contributed by atoms with Crippen LogP contribution in [0, 0.1) is 0 Å². The van der Waals surface area contributed by atoms with Crippen molar-refractivity contribution in [3.8, 4) is 0 Å². The normalized spacial score (nSPS) is 19.8. The molecule has 1 aliphatic heterocycles. The number of carbonyl (C=O) groups is 1. The van der Waals surface area contributed by atoms with E-state index in [-0.39, 0.29) is 25.2 Å². The Labute approximate surface area is 114 Å². The second-order valence-electron chi connectivity index (χ2n) is 4.75. The Morgan fingerprint density at radius 1 is 1.32 bits per heavy atom. The van der Waals surface area contributed by atoms with Gasteiger partial charge in [0.05, 0.1) is 24.9 Å². The minimum atomic E-state index is -0.285. The number of hydrogen-bond donors (Lipinski definition) is 1. The molecule has 1 atom stereocenters. The minimum absolute atomic E-state index is 0.0275. The number of aryl methyl sites for hydroxylation is 2. The first-order chi connectivity index (χ1) is 9.21. The summed E-state index contributed by atoms with van der Waals surface area (Å²) in [6.07, 6.45) is 1.49. The van der Waals surface area contributed by atoms with Gasteiger partial charge in [0.15, 0.2) is 0 Å². The van der Waals surface area contributed by atoms with Crippen LogP contribution in [-0.2, 0) is 22.4 Å². The van der Waals surface area contributed by atoms with Crippen molar-refractivity contribution < 1.29 is 14.6 Å². The third-order valence-corrected chi connectivity index (χ3v) is 3.57. The van der Waals surface area contributed by atoms with Crippen molar-refractivity contribution in [2.45, 2.75) is 32.8 Å². The molecule has 1 aromatic rings. The summed E-state index contributed by atoms with van der Waals surface area (Å²) in [4.78, 5) is 13.9. The van der Waals surface area contributed by atoms with E-state index in [0.29, 0.717) is 6.54 Å². The average Bonchev–Trinajstić information content (AvgIpc) is 2.47. The number of ether oxygens (including phenoxy) is 1. The number of benzene rings is 1. The summed E-state index contributed by atoms with van der Waals surface area (Å²) in [6.45, 7) is 4.60. The summed E-state index contributed by atoms with van der Waals surface area (Å²) >= 11 is 0. The zero-order valence-electron chi connectivity index (χ0n) is 11.6. The van der Waals surface area contributed by atoms with Crippen LogP contribution in [0.4, 0.5) is 5.69 Å². The van der Waals surface area contributed by atoms with E-state index in [1.165, 1.54) is 11.1 Å². The van der Waals surface area contributed by atoms with E-state index in [1.807, 2.05) is 6.07 Å². The lowest BCUT2D eigenvalue weighted by Gasteiger charge is -2.34. The van der Waals surface area contributed by atoms with Crippen molar-refractivity contribution in [3.05, 3.63) is 29.3 Å². The van der Waals surface area contributed by atoms with Crippen molar-refractivity contribution >= 4 is 11.6 Å². The number of rotatable bonds is 4. The molecule has 1 N–H and O–H groups in total. The van der Waals surface area contributed by atoms with Gasteiger partial charge in [0.25, 0.3) is 5.91 Å². The van der Waals surface area contributed by atoms with Gasteiger partial charge in [-0.3, -0.25) is 4.79 Å². The molecule has 4 nitrogen and oxygen atoms in total. The maximum Gasteiger partial charge on any atom is 0.253 e. The maximum atomic E-state index is 12.1. The third kappa shape index (κ3) is 2.80. The molecule has 1 heterocycles. The van der Waals surface area contributed by atoms with Gasteiger partial charge in [0.1, 0.15) is 6.61 Å². The zero-order valence-corrected chi connectivity index (χ0v) is 11.6. The van der Waals surface area contributed by atoms with E-state index in [9.17, 15) is 9.90 Å². The predicted octanol–water partition coefficient (Wildman–Crippen LogP) is 1.54. The number of aliphatic hydroxyl groups is 1. The molecule has 2 rings (SSSR count). The van der Waals surface area contributed by atoms with Crippen LogP contribution in [0.15, 0.2) is 18.2 Å². The van der Waals surface area contributed by atoms with E-state index >= 15 is 0 Å². The van der Waals surface area contributed by atoms with E-state index in [1.54, 1.807) is 4.90 Å². The Kier molecular flexibility index (Phi) is 4.56. The van der Waals surface area contributed by atoms with Crippen LogP contribution in [0.5, 0.6) is 0 Å². The SMILES string of the molecule is CCc1cccc(CC)c1N1CC(CO)OCC1=O. The molecule has 0 spiro atoms. The fourth-order valence-electron chi connectivity index (χ4n) is 2.51. The Hall–Kier alpha value is -1.39. The van der Waals surface area contributed by atoms with Crippen molar-refractivity contribution in [2.75, 3.05) is 24.7 Å². The number of aliphatic hydroxyl groups excluding tert-OH is 1. The van der Waals surface area contributed by atoms with Gasteiger partial charge in [0.2, 0.25) is 0 Å². The van der Waals surface area contributed by atoms with E-state index in [2.05, 4.69) is 26.0 Å². The highest BCUT2D eigenvalue weighted by atomic mass is 16.5. The molecular weight excluding hydrogens is 242 g/mol. The number of para-hydroxylation sites is 1. The van der Waals surface area contributed by atoms with Crippen molar-refractivity contribution in [3.63, 3.8) is 0 Å². The summed E-state index contributed by atoms with van der Waals surface area (Å²) in [5.41, 5.74) is 3.36. The summed E-state index contributed by atoms with van der Waals surface area (Å²) in [7, 11) is 0. The van der Waals surface area contributed by atoms with Crippen LogP contribution in [-0.4, -0.2) is 36.9 Å². The summed E-state index contributed by atoms with van der Waals surface area (Å²) in [6, 6.07) is 6.16. The van der Waals surface area contributed by atoms with Crippen LogP contribution >= 0.6 is 0 Å². The third-order valence-electron chi connectivity index (χ3n) is 3.57. The number of amides is 1. The van der Waals surface area contributed by atoms with Crippen molar-refractivity contribution in [2.24, 2.45) is 0 Å². The number of hydrogen-bond acceptors (Lipinski definition) is 3. The first kappa shape index (κ1) is 14.0. The number of nitrogens with zero attached hydrogens (tertiary/aromatic N) is 1. The van der Waals surface area contributed by atoms with Crippen LogP contribution in [0.25, 0.3) is 0 Å². The van der Waals surface area contributed by atoms with Gasteiger partial charge in [-0.05, 0) is 24.0 Å².